The molecule has 548 valence electrons. The Hall–Kier alpha value is -11.3. The van der Waals surface area contributed by atoms with E-state index in [1.54, 1.807) is 54.5 Å². The van der Waals surface area contributed by atoms with E-state index in [1.165, 1.54) is 31.4 Å². The lowest BCUT2D eigenvalue weighted by Gasteiger charge is -2.27. The second-order valence-corrected chi connectivity index (χ2v) is 27.1. The van der Waals surface area contributed by atoms with Gasteiger partial charge in [-0.2, -0.15) is 43.5 Å². The quantitative estimate of drug-likeness (QED) is 0.01000. The number of nitrogens with one attached hydrogen (secondary N) is 2. The summed E-state index contributed by atoms with van der Waals surface area (Å²) in [6.45, 7) is 20.3. The van der Waals surface area contributed by atoms with Crippen LogP contribution in [0.2, 0.25) is 0 Å². The summed E-state index contributed by atoms with van der Waals surface area (Å²) in [5.74, 6) is -1.76. The molecule has 0 atom stereocenters. The van der Waals surface area contributed by atoms with E-state index in [0.29, 0.717) is 113 Å². The fourth-order valence-electron chi connectivity index (χ4n) is 12.2. The van der Waals surface area contributed by atoms with Crippen molar-refractivity contribution in [3.63, 3.8) is 0 Å². The second kappa shape index (κ2) is 34.4. The molecular weight excluding hydrogens is 1440 g/mol. The highest BCUT2D eigenvalue weighted by atomic mass is 32.2. The number of hydrogen-bond donors (Lipinski definition) is 5. The van der Waals surface area contributed by atoms with E-state index in [1.807, 2.05) is 44.7 Å². The number of methoxy groups -OCH3 is 2. The van der Waals surface area contributed by atoms with E-state index in [-0.39, 0.29) is 88.3 Å². The molecule has 0 bridgehead atoms. The molecule has 0 radical (unpaired) electrons. The minimum Gasteiger partial charge on any atom is -0.494 e. The molecule has 7 aromatic rings. The number of hydrogen-bond acceptors (Lipinski definition) is 32. The van der Waals surface area contributed by atoms with E-state index in [4.69, 9.17) is 68.9 Å². The van der Waals surface area contributed by atoms with Crippen LogP contribution in [0.25, 0.3) is 17.0 Å². The predicted octanol–water partition coefficient (Wildman–Crippen LogP) is 10.5. The lowest BCUT2D eigenvalue weighted by Crippen LogP contribution is -2.31. The van der Waals surface area contributed by atoms with E-state index < -0.39 is 60.5 Å². The average molecular weight is 1510 g/mol. The molecule has 0 spiro atoms. The first-order chi connectivity index (χ1) is 50.6. The third kappa shape index (κ3) is 17.0. The number of piperidine rings is 2. The first-order valence-electron chi connectivity index (χ1n) is 33.1. The lowest BCUT2D eigenvalue weighted by molar-refractivity contribution is 0.0694. The number of nitrogens with zero attached hydrogens (tertiary/aromatic N) is 18. The Balaban J connectivity index is 0.00000288. The van der Waals surface area contributed by atoms with Crippen molar-refractivity contribution in [2.24, 2.45) is 20.5 Å². The summed E-state index contributed by atoms with van der Waals surface area (Å²) in [6, 6.07) is 18.8. The van der Waals surface area contributed by atoms with Crippen LogP contribution in [0.5, 0.6) is 11.5 Å². The minimum atomic E-state index is -4.95. The Bertz CT molecular complexity index is 4890. The number of imide groups is 2. The number of aliphatic hydroxyl groups is 2. The molecule has 7 heterocycles. The summed E-state index contributed by atoms with van der Waals surface area (Å²) in [7, 11) is -5.01. The third-order valence-electron chi connectivity index (χ3n) is 17.2. The molecule has 3 aromatic heterocycles. The molecule has 4 aliphatic rings. The summed E-state index contributed by atoms with van der Waals surface area (Å²) in [5, 5.41) is 57.2. The number of amides is 4. The van der Waals surface area contributed by atoms with Crippen molar-refractivity contribution in [2.75, 3.05) is 128 Å². The molecule has 105 heavy (non-hydrogen) atoms. The van der Waals surface area contributed by atoms with Crippen molar-refractivity contribution in [1.82, 2.24) is 34.7 Å². The van der Waals surface area contributed by atoms with E-state index in [2.05, 4.69) is 35.3 Å². The van der Waals surface area contributed by atoms with Gasteiger partial charge < -0.3 is 59.7 Å². The van der Waals surface area contributed by atoms with Gasteiger partial charge in [-0.25, -0.2) is 14.5 Å². The molecule has 4 aliphatic heterocycles. The van der Waals surface area contributed by atoms with Crippen LogP contribution in [0, 0.1) is 17.9 Å². The summed E-state index contributed by atoms with van der Waals surface area (Å²) < 4.78 is 72.1. The number of allylic oxidation sites excluding steroid dienone is 1. The Kier molecular flexibility index (Phi) is 25.0. The normalized spacial score (nSPS) is 14.7. The Labute approximate surface area is 613 Å². The number of ether oxygens (including phenoxy) is 2. The van der Waals surface area contributed by atoms with Crippen molar-refractivity contribution >= 4 is 153 Å². The number of carbonyl (C=O) groups is 4. The molecule has 0 unspecified atom stereocenters. The largest absolute Gasteiger partial charge is 0.494 e. The number of thiazole rings is 2. The predicted molar refractivity (Wildman–Crippen MR) is 392 cm³/mol. The number of aromatic nitrogens is 5. The monoisotopic (exact) mass is 1510 g/mol. The molecule has 11 rings (SSSR count). The van der Waals surface area contributed by atoms with Gasteiger partial charge in [0.05, 0.1) is 82.2 Å². The van der Waals surface area contributed by atoms with Crippen LogP contribution in [0.4, 0.5) is 73.9 Å². The molecule has 0 saturated carbocycles. The molecule has 0 aliphatic carbocycles. The highest BCUT2D eigenvalue weighted by molar-refractivity contribution is 7.86. The van der Waals surface area contributed by atoms with Crippen LogP contribution < -0.4 is 44.6 Å². The van der Waals surface area contributed by atoms with Gasteiger partial charge in [0.25, 0.3) is 21.9 Å². The number of azo groups is 2. The molecule has 5 N–H and O–H groups in total. The van der Waals surface area contributed by atoms with Crippen LogP contribution in [0.3, 0.4) is 0 Å². The van der Waals surface area contributed by atoms with Crippen LogP contribution in [-0.4, -0.2) is 187 Å². The Morgan fingerprint density at radius 3 is 1.50 bits per heavy atom. The van der Waals surface area contributed by atoms with Crippen LogP contribution in [-0.2, 0) is 20.7 Å². The van der Waals surface area contributed by atoms with Crippen molar-refractivity contribution in [2.45, 2.75) is 71.1 Å². The summed E-state index contributed by atoms with van der Waals surface area (Å²) >= 11 is 2.13. The fraction of sp³-hybridized carbons (Fsp3) is 0.358. The smallest absolute Gasteiger partial charge is 0.425 e. The molecule has 38 heteroatoms. The standard InChI is InChI=1S/C67H72N20O11S3.O3S/c1-8-81(9-2)48-34-44(46(36-50(48)97-6)77-79-66-72-57(83-25-16-12-17-26-83)52(99-66)33-40(39-68)86-61(92)43-23-20-24-54(101(94,95)96)56(43)62(86)93)70-63-74-64(76-65(75-63)85(29-31-88)30-32-89)71-45-35-49(82(10-3)11-4)51(98-7)37-47(45)78-80-67-73-58(84-27-18-13-19-28-84)53(100-67)38-55(69-5)87-59(90)41-21-14-15-22-42(41)60(87)91;1-4(2)3/h14-15,20-24,33-38,88-89H,8-13,16-19,25-32H2,1-4,6-7H3,(H,94,95,96)(H2,70,71,74,75,76);/b40-33+,55-38+,79-77?,80-78?;. The zero-order chi connectivity index (χ0) is 75.2. The highest BCUT2D eigenvalue weighted by Crippen LogP contribution is 2.46. The van der Waals surface area contributed by atoms with E-state index >= 15 is 0 Å². The van der Waals surface area contributed by atoms with Gasteiger partial charge in [-0.15, -0.1) is 33.1 Å². The number of aliphatic hydroxyl groups excluding tert-OH is 2. The summed E-state index contributed by atoms with van der Waals surface area (Å²) in [5.41, 5.74) is 1.51. The lowest BCUT2D eigenvalue weighted by atomic mass is 10.1. The van der Waals surface area contributed by atoms with E-state index in [9.17, 15) is 47.6 Å². The average Bonchev–Trinajstić information content (AvgIpc) is 1.60. The Morgan fingerprint density at radius 2 is 1.09 bits per heavy atom. The summed E-state index contributed by atoms with van der Waals surface area (Å²) in [4.78, 5) is 94.5. The van der Waals surface area contributed by atoms with Gasteiger partial charge in [-0.05, 0) is 115 Å². The minimum absolute atomic E-state index is 0.000706. The first kappa shape index (κ1) is 76.4. The van der Waals surface area contributed by atoms with Crippen molar-refractivity contribution in [1.29, 1.82) is 5.26 Å². The van der Waals surface area contributed by atoms with Crippen molar-refractivity contribution < 1.29 is 64.5 Å². The number of anilines is 9. The maximum absolute atomic E-state index is 13.9. The second-order valence-electron chi connectivity index (χ2n) is 23.3. The zero-order valence-electron chi connectivity index (χ0n) is 57.7. The van der Waals surface area contributed by atoms with Crippen LogP contribution in [0.15, 0.2) is 104 Å². The molecule has 2 fully saturated rings. The maximum Gasteiger partial charge on any atom is 0.425 e. The zero-order valence-corrected chi connectivity index (χ0v) is 61.0. The van der Waals surface area contributed by atoms with Crippen LogP contribution >= 0.6 is 22.7 Å². The highest BCUT2D eigenvalue weighted by Gasteiger charge is 2.44. The Morgan fingerprint density at radius 1 is 0.638 bits per heavy atom. The molecule has 2 saturated heterocycles. The van der Waals surface area contributed by atoms with Gasteiger partial charge in [0.15, 0.2) is 0 Å². The number of rotatable bonds is 28. The third-order valence-corrected chi connectivity index (χ3v) is 19.8. The molecule has 4 aromatic carbocycles. The van der Waals surface area contributed by atoms with Gasteiger partial charge in [-0.1, -0.05) is 47.4 Å². The molecule has 34 nitrogen and oxygen atoms in total. The van der Waals surface area contributed by atoms with Gasteiger partial charge in [0.1, 0.15) is 51.2 Å². The van der Waals surface area contributed by atoms with Gasteiger partial charge in [-0.3, -0.25) is 14.1 Å². The van der Waals surface area contributed by atoms with E-state index in [0.717, 1.165) is 72.2 Å². The van der Waals surface area contributed by atoms with Gasteiger partial charge >= 0.3 is 22.4 Å². The van der Waals surface area contributed by atoms with Crippen molar-refractivity contribution in [3.05, 3.63) is 122 Å². The van der Waals surface area contributed by atoms with Crippen molar-refractivity contribution in [3.8, 4) is 17.6 Å². The van der Waals surface area contributed by atoms with Gasteiger partial charge in [0, 0.05) is 77.6 Å². The molecule has 4 amide bonds. The maximum atomic E-state index is 13.9. The number of carbonyl (C=O) groups excluding carboxylic acids is 4. The van der Waals surface area contributed by atoms with Crippen LogP contribution in [0.1, 0.15) is 117 Å². The number of benzene rings is 4. The fourth-order valence-corrected chi connectivity index (χ4v) is 14.6. The number of nitriles is 1. The topological polar surface area (TPSA) is 422 Å². The summed E-state index contributed by atoms with van der Waals surface area (Å²) in [6.07, 6.45) is 8.19. The first-order valence-corrected chi connectivity index (χ1v) is 37.2. The van der Waals surface area contributed by atoms with Gasteiger partial charge in [0.2, 0.25) is 33.9 Å². The number of fused-ring (bicyclic) bond motifs is 2. The molecular formula is C67H72N20O14S4. The SMILES string of the molecule is O=S(=O)=O.[C-]#[N+]/C(=C\c1sc(N=Nc2cc(OC)c(N(CC)CC)cc2Nc2nc(Nc3cc(N(CC)CC)c(OC)cc3N=Nc3nc(N4CCCCC4)c(/C=C(\C#N)N4C(=O)c5cccc(S(=O)(=O)O)c5C4=O)s3)nc(N(CCO)CCO)n2)nc1N1CCCCC1)N1C(=O)c2ccccc2C1=O.